The monoisotopic (exact) mass is 529 g/mol. The van der Waals surface area contributed by atoms with Gasteiger partial charge in [0, 0.05) is 31.8 Å². The lowest BCUT2D eigenvalue weighted by atomic mass is 10.1. The molecular formula is C27H35N3O6S. The summed E-state index contributed by atoms with van der Waals surface area (Å²) in [5.41, 5.74) is 1.79. The standard InChI is InChI=1S/C27H35N3O6S/c1-4-7-13-30-27(31)25(26(37(30,32)33)20-11-9-8-10-12-20)28-21-18-24(36-6-3)22(19-23(21)35-5-2)29-14-16-34-17-15-29/h8-12,18-19,28H,4-7,13-17H2,1-3H3. The zero-order valence-corrected chi connectivity index (χ0v) is 22.5. The highest BCUT2D eigenvalue weighted by atomic mass is 32.2. The van der Waals surface area contributed by atoms with Gasteiger partial charge < -0.3 is 24.4 Å². The molecule has 37 heavy (non-hydrogen) atoms. The van der Waals surface area contributed by atoms with Gasteiger partial charge in [0.05, 0.1) is 37.8 Å². The normalized spacial score (nSPS) is 17.3. The molecule has 2 aromatic rings. The van der Waals surface area contributed by atoms with Crippen molar-refractivity contribution in [2.75, 3.05) is 56.3 Å². The average molecular weight is 530 g/mol. The van der Waals surface area contributed by atoms with Gasteiger partial charge in [-0.2, -0.15) is 0 Å². The lowest BCUT2D eigenvalue weighted by Gasteiger charge is -2.31. The van der Waals surface area contributed by atoms with Crippen LogP contribution in [-0.2, 0) is 19.6 Å². The van der Waals surface area contributed by atoms with Crippen LogP contribution >= 0.6 is 0 Å². The lowest BCUT2D eigenvalue weighted by molar-refractivity contribution is -0.122. The first-order valence-electron chi connectivity index (χ1n) is 12.8. The Labute approximate surface area is 219 Å². The highest BCUT2D eigenvalue weighted by molar-refractivity contribution is 7.99. The van der Waals surface area contributed by atoms with Crippen molar-refractivity contribution in [2.45, 2.75) is 33.6 Å². The number of ether oxygens (including phenoxy) is 3. The van der Waals surface area contributed by atoms with Gasteiger partial charge in [-0.15, -0.1) is 0 Å². The Hall–Kier alpha value is -3.24. The summed E-state index contributed by atoms with van der Waals surface area (Å²) in [4.78, 5) is 15.7. The van der Waals surface area contributed by atoms with Gasteiger partial charge in [-0.3, -0.25) is 4.79 Å². The molecule has 0 unspecified atom stereocenters. The van der Waals surface area contributed by atoms with E-state index in [-0.39, 0.29) is 17.1 Å². The molecule has 0 bridgehead atoms. The van der Waals surface area contributed by atoms with Crippen LogP contribution in [0.3, 0.4) is 0 Å². The number of unbranched alkanes of at least 4 members (excludes halogenated alkanes) is 1. The summed E-state index contributed by atoms with van der Waals surface area (Å²) >= 11 is 0. The molecule has 1 fully saturated rings. The summed E-state index contributed by atoms with van der Waals surface area (Å²) in [5.74, 6) is 0.544. The second kappa shape index (κ2) is 11.9. The van der Waals surface area contributed by atoms with Crippen LogP contribution in [0, 0.1) is 0 Å². The van der Waals surface area contributed by atoms with Gasteiger partial charge in [-0.05, 0) is 25.8 Å². The van der Waals surface area contributed by atoms with Gasteiger partial charge in [0.15, 0.2) is 0 Å². The minimum Gasteiger partial charge on any atom is -0.492 e. The Morgan fingerprint density at radius 3 is 2.30 bits per heavy atom. The SMILES string of the molecule is CCCCN1C(=O)C(Nc2cc(OCC)c(N3CCOCC3)cc2OCC)=C(c2ccccc2)S1(=O)=O. The van der Waals surface area contributed by atoms with Gasteiger partial charge in [0.2, 0.25) is 0 Å². The molecule has 9 nitrogen and oxygen atoms in total. The Balaban J connectivity index is 1.83. The number of rotatable bonds is 11. The Morgan fingerprint density at radius 1 is 0.973 bits per heavy atom. The fourth-order valence-electron chi connectivity index (χ4n) is 4.47. The lowest BCUT2D eigenvalue weighted by Crippen LogP contribution is -2.36. The van der Waals surface area contributed by atoms with Crippen LogP contribution in [0.15, 0.2) is 48.2 Å². The van der Waals surface area contributed by atoms with Crippen LogP contribution in [0.1, 0.15) is 39.2 Å². The number of sulfonamides is 1. The number of nitrogens with one attached hydrogen (secondary N) is 1. The summed E-state index contributed by atoms with van der Waals surface area (Å²) in [6, 6.07) is 12.4. The smallest absolute Gasteiger partial charge is 0.285 e. The van der Waals surface area contributed by atoms with Crippen LogP contribution < -0.4 is 19.7 Å². The summed E-state index contributed by atoms with van der Waals surface area (Å²) < 4.78 is 45.6. The van der Waals surface area contributed by atoms with E-state index in [9.17, 15) is 13.2 Å². The minimum absolute atomic E-state index is 0.00447. The molecule has 4 rings (SSSR count). The Bertz CT molecular complexity index is 1240. The van der Waals surface area contributed by atoms with E-state index in [2.05, 4.69) is 10.2 Å². The molecule has 0 radical (unpaired) electrons. The number of hydrogen-bond donors (Lipinski definition) is 1. The third-order valence-corrected chi connectivity index (χ3v) is 8.12. The van der Waals surface area contributed by atoms with Crippen LogP contribution in [0.2, 0.25) is 0 Å². The molecule has 200 valence electrons. The summed E-state index contributed by atoms with van der Waals surface area (Å²) in [7, 11) is -4.04. The molecule has 2 heterocycles. The van der Waals surface area contributed by atoms with Crippen LogP contribution in [0.4, 0.5) is 11.4 Å². The van der Waals surface area contributed by atoms with Crippen molar-refractivity contribution in [3.8, 4) is 11.5 Å². The van der Waals surface area contributed by atoms with Crippen LogP contribution in [0.5, 0.6) is 11.5 Å². The number of anilines is 2. The summed E-state index contributed by atoms with van der Waals surface area (Å²) in [6.45, 7) is 9.35. The van der Waals surface area contributed by atoms with E-state index in [4.69, 9.17) is 14.2 Å². The second-order valence-electron chi connectivity index (χ2n) is 8.71. The van der Waals surface area contributed by atoms with Gasteiger partial charge in [-0.1, -0.05) is 43.7 Å². The maximum absolute atomic E-state index is 13.6. The van der Waals surface area contributed by atoms with E-state index in [1.165, 1.54) is 0 Å². The highest BCUT2D eigenvalue weighted by Gasteiger charge is 2.44. The first-order valence-corrected chi connectivity index (χ1v) is 14.3. The molecule has 2 aliphatic heterocycles. The van der Waals surface area contributed by atoms with Gasteiger partial charge >= 0.3 is 0 Å². The molecule has 1 amide bonds. The predicted molar refractivity (Wildman–Crippen MR) is 144 cm³/mol. The van der Waals surface area contributed by atoms with Gasteiger partial charge in [0.1, 0.15) is 22.1 Å². The first-order chi connectivity index (χ1) is 17.9. The number of morpholine rings is 1. The van der Waals surface area contributed by atoms with Crippen LogP contribution in [-0.4, -0.2) is 64.7 Å². The molecule has 2 aromatic carbocycles. The van der Waals surface area contributed by atoms with Crippen molar-refractivity contribution in [1.29, 1.82) is 0 Å². The largest absolute Gasteiger partial charge is 0.492 e. The van der Waals surface area contributed by atoms with Gasteiger partial charge in [-0.25, -0.2) is 12.7 Å². The average Bonchev–Trinajstić information content (AvgIpc) is 3.09. The number of hydrogen-bond acceptors (Lipinski definition) is 8. The van der Waals surface area contributed by atoms with E-state index < -0.39 is 15.9 Å². The van der Waals surface area contributed by atoms with E-state index in [0.717, 1.165) is 16.4 Å². The predicted octanol–water partition coefficient (Wildman–Crippen LogP) is 4.07. The molecule has 1 N–H and O–H groups in total. The molecule has 0 saturated carbocycles. The molecule has 0 aliphatic carbocycles. The minimum atomic E-state index is -4.04. The Kier molecular flexibility index (Phi) is 8.60. The van der Waals surface area contributed by atoms with Crippen molar-refractivity contribution in [3.63, 3.8) is 0 Å². The molecular weight excluding hydrogens is 494 g/mol. The second-order valence-corrected chi connectivity index (χ2v) is 10.5. The van der Waals surface area contributed by atoms with Crippen molar-refractivity contribution in [3.05, 3.63) is 53.7 Å². The maximum Gasteiger partial charge on any atom is 0.285 e. The van der Waals surface area contributed by atoms with Crippen molar-refractivity contribution in [1.82, 2.24) is 4.31 Å². The van der Waals surface area contributed by atoms with Crippen molar-refractivity contribution in [2.24, 2.45) is 0 Å². The summed E-state index contributed by atoms with van der Waals surface area (Å²) in [6.07, 6.45) is 1.34. The molecule has 2 aliphatic rings. The Morgan fingerprint density at radius 2 is 1.65 bits per heavy atom. The summed E-state index contributed by atoms with van der Waals surface area (Å²) in [5, 5.41) is 3.14. The molecule has 0 spiro atoms. The van der Waals surface area contributed by atoms with E-state index in [0.29, 0.717) is 68.7 Å². The molecule has 10 heteroatoms. The van der Waals surface area contributed by atoms with E-state index >= 15 is 0 Å². The highest BCUT2D eigenvalue weighted by Crippen LogP contribution is 2.42. The van der Waals surface area contributed by atoms with Crippen molar-refractivity contribution < 1.29 is 27.4 Å². The maximum atomic E-state index is 13.6. The fourth-order valence-corrected chi connectivity index (χ4v) is 6.20. The third kappa shape index (κ3) is 5.55. The molecule has 0 atom stereocenters. The van der Waals surface area contributed by atoms with Crippen LogP contribution in [0.25, 0.3) is 4.91 Å². The van der Waals surface area contributed by atoms with Gasteiger partial charge in [0.25, 0.3) is 15.9 Å². The number of carbonyl (C=O) groups excluding carboxylic acids is 1. The number of carbonyl (C=O) groups is 1. The number of amides is 1. The number of nitrogens with zero attached hydrogens (tertiary/aromatic N) is 2. The quantitative estimate of drug-likeness (QED) is 0.465. The zero-order valence-electron chi connectivity index (χ0n) is 21.7. The first kappa shape index (κ1) is 26.8. The van der Waals surface area contributed by atoms with E-state index in [1.54, 1.807) is 36.4 Å². The molecule has 0 aromatic heterocycles. The number of benzene rings is 2. The fraction of sp³-hybridized carbons (Fsp3) is 0.444. The third-order valence-electron chi connectivity index (χ3n) is 6.24. The topological polar surface area (TPSA) is 97.4 Å². The van der Waals surface area contributed by atoms with Crippen molar-refractivity contribution >= 4 is 32.2 Å². The van der Waals surface area contributed by atoms with E-state index in [1.807, 2.05) is 26.8 Å². The molecule has 1 saturated heterocycles. The zero-order chi connectivity index (χ0) is 26.4.